The number of nitrogens with one attached hydrogen (secondary N) is 3. The Balaban J connectivity index is 1.65. The fourth-order valence-electron chi connectivity index (χ4n) is 3.11. The predicted molar refractivity (Wildman–Crippen MR) is 112 cm³/mol. The molecule has 2 aromatic rings. The molecule has 0 radical (unpaired) electrons. The van der Waals surface area contributed by atoms with Crippen LogP contribution in [-0.2, 0) is 15.7 Å². The van der Waals surface area contributed by atoms with Crippen molar-refractivity contribution in [3.8, 4) is 0 Å². The van der Waals surface area contributed by atoms with Gasteiger partial charge in [-0.25, -0.2) is 4.79 Å². The average molecular weight is 465 g/mol. The number of nitro groups is 1. The Morgan fingerprint density at radius 2 is 1.79 bits per heavy atom. The van der Waals surface area contributed by atoms with E-state index in [2.05, 4.69) is 21.2 Å². The fourth-order valence-corrected chi connectivity index (χ4v) is 3.11. The number of hydrogen-bond donors (Lipinski definition) is 3. The van der Waals surface area contributed by atoms with Crippen LogP contribution in [0.15, 0.2) is 47.6 Å². The fraction of sp³-hybridized carbons (Fsp3) is 0.250. The van der Waals surface area contributed by atoms with Crippen molar-refractivity contribution in [3.63, 3.8) is 0 Å². The molecule has 0 bridgehead atoms. The highest BCUT2D eigenvalue weighted by molar-refractivity contribution is 6.02. The zero-order valence-electron chi connectivity index (χ0n) is 17.3. The van der Waals surface area contributed by atoms with Crippen LogP contribution in [0.5, 0.6) is 0 Å². The summed E-state index contributed by atoms with van der Waals surface area (Å²) in [4.78, 5) is 33.1. The smallest absolute Gasteiger partial charge is 0.421 e. The van der Waals surface area contributed by atoms with Gasteiger partial charge in [0.15, 0.2) is 0 Å². The van der Waals surface area contributed by atoms with Gasteiger partial charge in [0.25, 0.3) is 5.69 Å². The van der Waals surface area contributed by atoms with Gasteiger partial charge in [0.1, 0.15) is 5.56 Å². The maximum atomic E-state index is 13.1. The first-order chi connectivity index (χ1) is 15.4. The summed E-state index contributed by atoms with van der Waals surface area (Å²) in [6, 6.07) is 8.87. The van der Waals surface area contributed by atoms with Crippen LogP contribution in [0.1, 0.15) is 31.4 Å². The minimum Gasteiger partial charge on any atom is -0.421 e. The second-order valence-corrected chi connectivity index (χ2v) is 7.34. The molecule has 2 amide bonds. The first kappa shape index (κ1) is 23.5. The standard InChI is InChI=1S/C20H18F3N5O5/c1-11(29)24-13-5-3-12(4-6-13)16-10-19(2,27-26-16)33-18(30)25-14-7-8-17(28(31)32)15(9-14)20(21,22)23/h3-9,27H,10H2,1-2H3,(H,24,29)(H,25,30). The molecular formula is C20H18F3N5O5. The number of ether oxygens (including phenoxy) is 1. The molecule has 174 valence electrons. The first-order valence-corrected chi connectivity index (χ1v) is 9.44. The van der Waals surface area contributed by atoms with Crippen LogP contribution < -0.4 is 16.1 Å². The highest BCUT2D eigenvalue weighted by Crippen LogP contribution is 2.37. The van der Waals surface area contributed by atoms with Crippen LogP contribution in [0.25, 0.3) is 0 Å². The maximum absolute atomic E-state index is 13.1. The number of hydrogen-bond acceptors (Lipinski definition) is 7. The third-order valence-corrected chi connectivity index (χ3v) is 4.53. The SMILES string of the molecule is CC(=O)Nc1ccc(C2=NNC(C)(OC(=O)Nc3ccc([N+](=O)[O-])c(C(F)(F)F)c3)C2)cc1. The van der Waals surface area contributed by atoms with E-state index < -0.39 is 34.2 Å². The average Bonchev–Trinajstić information content (AvgIpc) is 3.08. The Bertz CT molecular complexity index is 1130. The summed E-state index contributed by atoms with van der Waals surface area (Å²) in [6.45, 7) is 2.90. The molecule has 1 unspecified atom stereocenters. The zero-order valence-corrected chi connectivity index (χ0v) is 17.3. The molecule has 0 saturated carbocycles. The van der Waals surface area contributed by atoms with Crippen LogP contribution in [0.2, 0.25) is 0 Å². The molecule has 2 aromatic carbocycles. The first-order valence-electron chi connectivity index (χ1n) is 9.44. The molecule has 33 heavy (non-hydrogen) atoms. The summed E-state index contributed by atoms with van der Waals surface area (Å²) in [5.41, 5.74) is 0.278. The molecule has 10 nitrogen and oxygen atoms in total. The van der Waals surface area contributed by atoms with Crippen molar-refractivity contribution in [1.82, 2.24) is 5.43 Å². The van der Waals surface area contributed by atoms with E-state index in [1.807, 2.05) is 0 Å². The Morgan fingerprint density at radius 3 is 2.36 bits per heavy atom. The molecule has 1 heterocycles. The molecule has 1 atom stereocenters. The lowest BCUT2D eigenvalue weighted by atomic mass is 10.0. The van der Waals surface area contributed by atoms with E-state index in [1.54, 1.807) is 24.3 Å². The summed E-state index contributed by atoms with van der Waals surface area (Å²) in [7, 11) is 0. The topological polar surface area (TPSA) is 135 Å². The number of benzene rings is 2. The monoisotopic (exact) mass is 465 g/mol. The van der Waals surface area contributed by atoms with Gasteiger partial charge in [-0.05, 0) is 36.8 Å². The summed E-state index contributed by atoms with van der Waals surface area (Å²) in [5.74, 6) is -0.218. The normalized spacial score (nSPS) is 17.5. The van der Waals surface area contributed by atoms with Crippen molar-refractivity contribution < 1.29 is 32.4 Å². The third-order valence-electron chi connectivity index (χ3n) is 4.53. The van der Waals surface area contributed by atoms with Gasteiger partial charge in [-0.3, -0.25) is 25.7 Å². The number of carbonyl (C=O) groups excluding carboxylic acids is 2. The quantitative estimate of drug-likeness (QED) is 0.447. The largest absolute Gasteiger partial charge is 0.423 e. The number of hydrazone groups is 1. The van der Waals surface area contributed by atoms with Crippen LogP contribution in [0.4, 0.5) is 35.0 Å². The number of halogens is 3. The second kappa shape index (κ2) is 8.76. The van der Waals surface area contributed by atoms with E-state index in [1.165, 1.54) is 13.8 Å². The number of rotatable bonds is 5. The van der Waals surface area contributed by atoms with E-state index in [9.17, 15) is 32.9 Å². The van der Waals surface area contributed by atoms with Crippen LogP contribution >= 0.6 is 0 Å². The number of nitro benzene ring substituents is 1. The number of nitrogens with zero attached hydrogens (tertiary/aromatic N) is 2. The van der Waals surface area contributed by atoms with Gasteiger partial charge < -0.3 is 10.1 Å². The van der Waals surface area contributed by atoms with E-state index in [4.69, 9.17) is 4.74 Å². The molecule has 0 aliphatic carbocycles. The van der Waals surface area contributed by atoms with Crippen LogP contribution in [-0.4, -0.2) is 28.4 Å². The van der Waals surface area contributed by atoms with Gasteiger partial charge in [-0.15, -0.1) is 0 Å². The number of anilines is 2. The Hall–Kier alpha value is -4.16. The van der Waals surface area contributed by atoms with Gasteiger partial charge in [0.05, 0.1) is 17.1 Å². The maximum Gasteiger partial charge on any atom is 0.423 e. The summed E-state index contributed by atoms with van der Waals surface area (Å²) < 4.78 is 44.6. The molecular weight excluding hydrogens is 447 g/mol. The molecule has 0 saturated heterocycles. The highest BCUT2D eigenvalue weighted by atomic mass is 19.4. The summed E-state index contributed by atoms with van der Waals surface area (Å²) >= 11 is 0. The number of carbonyl (C=O) groups is 2. The molecule has 1 aliphatic rings. The lowest BCUT2D eigenvalue weighted by molar-refractivity contribution is -0.388. The van der Waals surface area contributed by atoms with E-state index >= 15 is 0 Å². The lowest BCUT2D eigenvalue weighted by Crippen LogP contribution is -2.41. The lowest BCUT2D eigenvalue weighted by Gasteiger charge is -2.24. The van der Waals surface area contributed by atoms with Crippen molar-refractivity contribution >= 4 is 34.8 Å². The van der Waals surface area contributed by atoms with E-state index in [0.29, 0.717) is 29.1 Å². The molecule has 1 aliphatic heterocycles. The number of amides is 2. The van der Waals surface area contributed by atoms with Gasteiger partial charge in [0, 0.05) is 24.4 Å². The van der Waals surface area contributed by atoms with Crippen molar-refractivity contribution in [2.75, 3.05) is 10.6 Å². The molecule has 3 N–H and O–H groups in total. The van der Waals surface area contributed by atoms with Gasteiger partial charge in [0.2, 0.25) is 11.6 Å². The third kappa shape index (κ3) is 5.75. The van der Waals surface area contributed by atoms with Gasteiger partial charge in [-0.2, -0.15) is 18.3 Å². The number of alkyl halides is 3. The predicted octanol–water partition coefficient (Wildman–Crippen LogP) is 4.23. The zero-order chi connectivity index (χ0) is 24.4. The van der Waals surface area contributed by atoms with Crippen molar-refractivity contribution in [2.45, 2.75) is 32.2 Å². The van der Waals surface area contributed by atoms with Crippen LogP contribution in [0, 0.1) is 10.1 Å². The minimum absolute atomic E-state index is 0.147. The van der Waals surface area contributed by atoms with E-state index in [0.717, 1.165) is 6.07 Å². The van der Waals surface area contributed by atoms with E-state index in [-0.39, 0.29) is 18.0 Å². The Labute approximate surface area is 185 Å². The molecule has 0 fully saturated rings. The van der Waals surface area contributed by atoms with Gasteiger partial charge >= 0.3 is 12.3 Å². The molecule has 13 heteroatoms. The van der Waals surface area contributed by atoms with Crippen molar-refractivity contribution in [2.24, 2.45) is 5.10 Å². The van der Waals surface area contributed by atoms with Crippen LogP contribution in [0.3, 0.4) is 0 Å². The Kier molecular flexibility index (Phi) is 6.24. The Morgan fingerprint density at radius 1 is 1.15 bits per heavy atom. The van der Waals surface area contributed by atoms with Gasteiger partial charge in [-0.1, -0.05) is 12.1 Å². The molecule has 0 aromatic heterocycles. The second-order valence-electron chi connectivity index (χ2n) is 7.34. The molecule has 3 rings (SSSR count). The van der Waals surface area contributed by atoms with Crippen molar-refractivity contribution in [1.29, 1.82) is 0 Å². The van der Waals surface area contributed by atoms with Crippen molar-refractivity contribution in [3.05, 3.63) is 63.7 Å². The minimum atomic E-state index is -4.98. The molecule has 0 spiro atoms. The summed E-state index contributed by atoms with van der Waals surface area (Å²) in [5, 5.41) is 19.7. The summed E-state index contributed by atoms with van der Waals surface area (Å²) in [6.07, 6.45) is -5.92. The highest BCUT2D eigenvalue weighted by Gasteiger charge is 2.39.